The van der Waals surface area contributed by atoms with Crippen molar-refractivity contribution in [3.63, 3.8) is 0 Å². The van der Waals surface area contributed by atoms with Gasteiger partial charge in [0.05, 0.1) is 17.7 Å². The Morgan fingerprint density at radius 1 is 1.40 bits per heavy atom. The predicted molar refractivity (Wildman–Crippen MR) is 99.8 cm³/mol. The number of likely N-dealkylation sites (tertiary alicyclic amines) is 1. The first kappa shape index (κ1) is 19.9. The van der Waals surface area contributed by atoms with Crippen molar-refractivity contribution < 1.29 is 14.6 Å². The number of rotatable bonds is 7. The summed E-state index contributed by atoms with van der Waals surface area (Å²) in [5, 5.41) is 13.0. The minimum Gasteiger partial charge on any atom is -0.390 e. The highest BCUT2D eigenvalue weighted by atomic mass is 16.5. The SMILES string of the molecule is CO[C@H]1CN(C(C)C)C[C@@H]1NC(=O)c1cccc(CCC(C)(C)O)c1. The number of nitrogens with one attached hydrogen (secondary N) is 1. The Balaban J connectivity index is 2.00. The van der Waals surface area contributed by atoms with E-state index in [0.29, 0.717) is 18.0 Å². The van der Waals surface area contributed by atoms with Crippen molar-refractivity contribution >= 4 is 5.91 Å². The minimum absolute atomic E-state index is 0.0000636. The maximum absolute atomic E-state index is 12.7. The van der Waals surface area contributed by atoms with E-state index in [1.807, 2.05) is 24.3 Å². The van der Waals surface area contributed by atoms with Gasteiger partial charge >= 0.3 is 0 Å². The molecule has 1 aromatic rings. The second-order valence-electron chi connectivity index (χ2n) is 7.91. The first-order valence-corrected chi connectivity index (χ1v) is 9.08. The molecule has 2 atom stereocenters. The van der Waals surface area contributed by atoms with Crippen molar-refractivity contribution in [2.24, 2.45) is 0 Å². The third-order valence-corrected chi connectivity index (χ3v) is 4.86. The number of methoxy groups -OCH3 is 1. The van der Waals surface area contributed by atoms with Crippen LogP contribution in [0.3, 0.4) is 0 Å². The third-order valence-electron chi connectivity index (χ3n) is 4.86. The molecule has 1 saturated heterocycles. The Labute approximate surface area is 151 Å². The highest BCUT2D eigenvalue weighted by molar-refractivity contribution is 5.94. The lowest BCUT2D eigenvalue weighted by Gasteiger charge is -2.20. The number of benzene rings is 1. The fourth-order valence-electron chi connectivity index (χ4n) is 3.17. The molecular weight excluding hydrogens is 316 g/mol. The highest BCUT2D eigenvalue weighted by Crippen LogP contribution is 2.18. The van der Waals surface area contributed by atoms with Crippen LogP contribution >= 0.6 is 0 Å². The summed E-state index contributed by atoms with van der Waals surface area (Å²) in [5.74, 6) is -0.0669. The molecule has 25 heavy (non-hydrogen) atoms. The van der Waals surface area contributed by atoms with Gasteiger partial charge < -0.3 is 15.2 Å². The first-order valence-electron chi connectivity index (χ1n) is 9.08. The number of nitrogens with zero attached hydrogens (tertiary/aromatic N) is 1. The Kier molecular flexibility index (Phi) is 6.60. The Bertz CT molecular complexity index is 581. The van der Waals surface area contributed by atoms with Crippen LogP contribution in [0.15, 0.2) is 24.3 Å². The maximum atomic E-state index is 12.7. The third kappa shape index (κ3) is 5.80. The summed E-state index contributed by atoms with van der Waals surface area (Å²) in [7, 11) is 1.70. The maximum Gasteiger partial charge on any atom is 0.251 e. The first-order chi connectivity index (χ1) is 11.7. The average molecular weight is 348 g/mol. The van der Waals surface area contributed by atoms with Gasteiger partial charge in [-0.15, -0.1) is 0 Å². The molecular formula is C20H32N2O3. The molecule has 2 N–H and O–H groups in total. The van der Waals surface area contributed by atoms with Gasteiger partial charge in [0, 0.05) is 31.8 Å². The standard InChI is InChI=1S/C20H32N2O3/c1-14(2)22-12-17(18(13-22)25-5)21-19(23)16-8-6-7-15(11-16)9-10-20(3,4)24/h6-8,11,14,17-18,24H,9-10,12-13H2,1-5H3,(H,21,23)/t17-,18-/m0/s1. The predicted octanol–water partition coefficient (Wildman–Crippen LogP) is 2.23. The van der Waals surface area contributed by atoms with Gasteiger partial charge in [0.1, 0.15) is 0 Å². The zero-order valence-electron chi connectivity index (χ0n) is 16.1. The van der Waals surface area contributed by atoms with Crippen LogP contribution in [-0.4, -0.2) is 59.9 Å². The van der Waals surface area contributed by atoms with E-state index in [9.17, 15) is 9.90 Å². The summed E-state index contributed by atoms with van der Waals surface area (Å²) in [6.45, 7) is 9.56. The average Bonchev–Trinajstić information content (AvgIpc) is 2.96. The number of hydrogen-bond donors (Lipinski definition) is 2. The van der Waals surface area contributed by atoms with E-state index in [1.165, 1.54) is 0 Å². The summed E-state index contributed by atoms with van der Waals surface area (Å²) in [5.41, 5.74) is 1.02. The van der Waals surface area contributed by atoms with E-state index in [-0.39, 0.29) is 18.1 Å². The van der Waals surface area contributed by atoms with Crippen molar-refractivity contribution in [3.8, 4) is 0 Å². The largest absolute Gasteiger partial charge is 0.390 e. The van der Waals surface area contributed by atoms with Gasteiger partial charge in [-0.25, -0.2) is 0 Å². The Morgan fingerprint density at radius 3 is 2.72 bits per heavy atom. The summed E-state index contributed by atoms with van der Waals surface area (Å²) >= 11 is 0. The molecule has 0 aromatic heterocycles. The fraction of sp³-hybridized carbons (Fsp3) is 0.650. The molecule has 1 aliphatic rings. The zero-order chi connectivity index (χ0) is 18.6. The number of carbonyl (C=O) groups is 1. The summed E-state index contributed by atoms with van der Waals surface area (Å²) < 4.78 is 5.56. The van der Waals surface area contributed by atoms with Gasteiger partial charge in [-0.1, -0.05) is 12.1 Å². The number of amides is 1. The molecule has 1 aromatic carbocycles. The van der Waals surface area contributed by atoms with E-state index in [2.05, 4.69) is 24.1 Å². The van der Waals surface area contributed by atoms with Crippen molar-refractivity contribution in [2.45, 2.75) is 64.3 Å². The molecule has 1 fully saturated rings. The number of carbonyl (C=O) groups excluding carboxylic acids is 1. The second-order valence-corrected chi connectivity index (χ2v) is 7.91. The molecule has 0 radical (unpaired) electrons. The molecule has 1 heterocycles. The van der Waals surface area contributed by atoms with Gasteiger partial charge in [-0.2, -0.15) is 0 Å². The van der Waals surface area contributed by atoms with Crippen LogP contribution in [0, 0.1) is 0 Å². The van der Waals surface area contributed by atoms with E-state index >= 15 is 0 Å². The Hall–Kier alpha value is -1.43. The van der Waals surface area contributed by atoms with Crippen molar-refractivity contribution in [1.82, 2.24) is 10.2 Å². The molecule has 5 nitrogen and oxygen atoms in total. The molecule has 0 bridgehead atoms. The fourth-order valence-corrected chi connectivity index (χ4v) is 3.17. The molecule has 1 aliphatic heterocycles. The second kappa shape index (κ2) is 8.30. The van der Waals surface area contributed by atoms with E-state index in [1.54, 1.807) is 21.0 Å². The lowest BCUT2D eigenvalue weighted by molar-refractivity contribution is 0.0714. The number of aryl methyl sites for hydroxylation is 1. The molecule has 0 saturated carbocycles. The minimum atomic E-state index is -0.700. The van der Waals surface area contributed by atoms with Crippen LogP contribution in [0.2, 0.25) is 0 Å². The Morgan fingerprint density at radius 2 is 2.12 bits per heavy atom. The van der Waals surface area contributed by atoms with Gasteiger partial charge in [0.2, 0.25) is 0 Å². The molecule has 2 rings (SSSR count). The van der Waals surface area contributed by atoms with Crippen LogP contribution < -0.4 is 5.32 Å². The van der Waals surface area contributed by atoms with E-state index in [4.69, 9.17) is 4.74 Å². The molecule has 140 valence electrons. The molecule has 0 spiro atoms. The normalized spacial score (nSPS) is 21.7. The van der Waals surface area contributed by atoms with E-state index < -0.39 is 5.60 Å². The molecule has 0 aliphatic carbocycles. The molecule has 0 unspecified atom stereocenters. The lowest BCUT2D eigenvalue weighted by atomic mass is 9.98. The summed E-state index contributed by atoms with van der Waals surface area (Å²) in [4.78, 5) is 15.0. The number of hydrogen-bond acceptors (Lipinski definition) is 4. The van der Waals surface area contributed by atoms with Gasteiger partial charge in [0.15, 0.2) is 0 Å². The monoisotopic (exact) mass is 348 g/mol. The number of ether oxygens (including phenoxy) is 1. The van der Waals surface area contributed by atoms with Crippen molar-refractivity contribution in [1.29, 1.82) is 0 Å². The van der Waals surface area contributed by atoms with Crippen LogP contribution in [0.4, 0.5) is 0 Å². The lowest BCUT2D eigenvalue weighted by Crippen LogP contribution is -2.43. The van der Waals surface area contributed by atoms with Crippen LogP contribution in [-0.2, 0) is 11.2 Å². The number of aliphatic hydroxyl groups is 1. The van der Waals surface area contributed by atoms with Gasteiger partial charge in [0.25, 0.3) is 5.91 Å². The van der Waals surface area contributed by atoms with E-state index in [0.717, 1.165) is 25.1 Å². The van der Waals surface area contributed by atoms with Crippen LogP contribution in [0.1, 0.15) is 50.0 Å². The van der Waals surface area contributed by atoms with Gasteiger partial charge in [-0.3, -0.25) is 9.69 Å². The highest BCUT2D eigenvalue weighted by Gasteiger charge is 2.35. The van der Waals surface area contributed by atoms with Crippen molar-refractivity contribution in [2.75, 3.05) is 20.2 Å². The van der Waals surface area contributed by atoms with Crippen molar-refractivity contribution in [3.05, 3.63) is 35.4 Å². The molecule has 5 heteroatoms. The molecule has 1 amide bonds. The summed E-state index contributed by atoms with van der Waals surface area (Å²) in [6, 6.07) is 8.08. The van der Waals surface area contributed by atoms with Gasteiger partial charge in [-0.05, 0) is 58.2 Å². The quantitative estimate of drug-likeness (QED) is 0.793. The van der Waals surface area contributed by atoms with Crippen LogP contribution in [0.25, 0.3) is 0 Å². The van der Waals surface area contributed by atoms with Crippen LogP contribution in [0.5, 0.6) is 0 Å². The topological polar surface area (TPSA) is 61.8 Å². The smallest absolute Gasteiger partial charge is 0.251 e. The zero-order valence-corrected chi connectivity index (χ0v) is 16.1. The summed E-state index contributed by atoms with van der Waals surface area (Å²) in [6.07, 6.45) is 1.43.